The van der Waals surface area contributed by atoms with Crippen molar-refractivity contribution in [1.29, 1.82) is 0 Å². The van der Waals surface area contributed by atoms with Gasteiger partial charge < -0.3 is 9.72 Å². The van der Waals surface area contributed by atoms with Crippen molar-refractivity contribution in [3.05, 3.63) is 51.5 Å². The van der Waals surface area contributed by atoms with Crippen molar-refractivity contribution in [3.63, 3.8) is 0 Å². The van der Waals surface area contributed by atoms with Crippen molar-refractivity contribution in [2.45, 2.75) is 0 Å². The first-order valence-corrected chi connectivity index (χ1v) is 7.05. The Bertz CT molecular complexity index is 856. The second kappa shape index (κ2) is 5.03. The van der Waals surface area contributed by atoms with Gasteiger partial charge in [-0.3, -0.25) is 4.57 Å². The summed E-state index contributed by atoms with van der Waals surface area (Å²) in [6.45, 7) is 0. The number of benzene rings is 2. The van der Waals surface area contributed by atoms with Gasteiger partial charge in [0.15, 0.2) is 4.77 Å². The summed E-state index contributed by atoms with van der Waals surface area (Å²) in [6.07, 6.45) is 0. The van der Waals surface area contributed by atoms with Gasteiger partial charge in [0, 0.05) is 6.07 Å². The number of ether oxygens (including phenoxy) is 1. The molecule has 0 radical (unpaired) electrons. The van der Waals surface area contributed by atoms with Crippen molar-refractivity contribution in [2.75, 3.05) is 7.11 Å². The average Bonchev–Trinajstić information content (AvgIpc) is 2.77. The molecule has 0 unspecified atom stereocenters. The summed E-state index contributed by atoms with van der Waals surface area (Å²) in [6, 6.07) is 10.5. The number of hydrogen-bond donors (Lipinski definition) is 1. The van der Waals surface area contributed by atoms with E-state index in [1.165, 1.54) is 6.07 Å². The SMILES string of the molecule is COc1cc(-n2c(=S)[nH]c3c(F)cccc32)ccc1Br. The number of nitrogens with zero attached hydrogens (tertiary/aromatic N) is 1. The smallest absolute Gasteiger partial charge is 0.182 e. The fraction of sp³-hybridized carbons (Fsp3) is 0.0714. The zero-order valence-corrected chi connectivity index (χ0v) is 12.9. The Morgan fingerprint density at radius 2 is 2.10 bits per heavy atom. The van der Waals surface area contributed by atoms with E-state index in [0.717, 1.165) is 10.2 Å². The lowest BCUT2D eigenvalue weighted by atomic mass is 10.2. The number of imidazole rings is 1. The molecule has 0 atom stereocenters. The van der Waals surface area contributed by atoms with Crippen molar-refractivity contribution >= 4 is 39.2 Å². The van der Waals surface area contributed by atoms with Gasteiger partial charge in [0.25, 0.3) is 0 Å². The molecule has 2 aromatic carbocycles. The standard InChI is InChI=1S/C14H10BrFN2OS/c1-19-12-7-8(5-6-9(12)15)18-11-4-2-3-10(16)13(11)17-14(18)20/h2-7H,1H3,(H,17,20). The Hall–Kier alpha value is -1.66. The number of aromatic amines is 1. The van der Waals surface area contributed by atoms with Crippen LogP contribution in [0.15, 0.2) is 40.9 Å². The minimum absolute atomic E-state index is 0.323. The number of methoxy groups -OCH3 is 1. The minimum atomic E-state index is -0.323. The van der Waals surface area contributed by atoms with E-state index in [2.05, 4.69) is 20.9 Å². The fourth-order valence-corrected chi connectivity index (χ4v) is 2.85. The quantitative estimate of drug-likeness (QED) is 0.683. The number of halogens is 2. The number of fused-ring (bicyclic) bond motifs is 1. The molecule has 3 nitrogen and oxygen atoms in total. The molecular weight excluding hydrogens is 343 g/mol. The molecule has 20 heavy (non-hydrogen) atoms. The van der Waals surface area contributed by atoms with Crippen molar-refractivity contribution in [2.24, 2.45) is 0 Å². The van der Waals surface area contributed by atoms with Crippen LogP contribution in [-0.4, -0.2) is 16.7 Å². The van der Waals surface area contributed by atoms with Crippen LogP contribution in [0.5, 0.6) is 5.75 Å². The largest absolute Gasteiger partial charge is 0.495 e. The topological polar surface area (TPSA) is 29.9 Å². The van der Waals surface area contributed by atoms with Crippen LogP contribution in [0, 0.1) is 10.6 Å². The Labute approximate surface area is 128 Å². The van der Waals surface area contributed by atoms with Gasteiger partial charge in [0.2, 0.25) is 0 Å². The van der Waals surface area contributed by atoms with Gasteiger partial charge in [0.05, 0.1) is 22.8 Å². The van der Waals surface area contributed by atoms with Gasteiger partial charge in [-0.15, -0.1) is 0 Å². The number of H-pyrrole nitrogens is 1. The highest BCUT2D eigenvalue weighted by Crippen LogP contribution is 2.29. The van der Waals surface area contributed by atoms with Crippen molar-refractivity contribution in [3.8, 4) is 11.4 Å². The Balaban J connectivity index is 2.32. The van der Waals surface area contributed by atoms with Gasteiger partial charge in [-0.05, 0) is 52.4 Å². The van der Waals surface area contributed by atoms with Crippen LogP contribution in [0.25, 0.3) is 16.7 Å². The summed E-state index contributed by atoms with van der Waals surface area (Å²) >= 11 is 8.70. The normalized spacial score (nSPS) is 10.9. The summed E-state index contributed by atoms with van der Waals surface area (Å²) in [5, 5.41) is 0. The lowest BCUT2D eigenvalue weighted by molar-refractivity contribution is 0.412. The Morgan fingerprint density at radius 3 is 2.85 bits per heavy atom. The van der Waals surface area contributed by atoms with E-state index in [1.807, 2.05) is 24.3 Å². The minimum Gasteiger partial charge on any atom is -0.495 e. The summed E-state index contributed by atoms with van der Waals surface area (Å²) in [4.78, 5) is 2.90. The number of nitrogens with one attached hydrogen (secondary N) is 1. The van der Waals surface area contributed by atoms with Gasteiger partial charge in [-0.2, -0.15) is 0 Å². The maximum absolute atomic E-state index is 13.8. The molecule has 0 aliphatic heterocycles. The molecule has 0 spiro atoms. The van der Waals surface area contributed by atoms with E-state index >= 15 is 0 Å². The zero-order chi connectivity index (χ0) is 14.3. The van der Waals surface area contributed by atoms with Crippen LogP contribution in [0.3, 0.4) is 0 Å². The lowest BCUT2D eigenvalue weighted by Gasteiger charge is -2.08. The van der Waals surface area contributed by atoms with Crippen LogP contribution in [0.1, 0.15) is 0 Å². The molecule has 102 valence electrons. The van der Waals surface area contributed by atoms with Crippen molar-refractivity contribution < 1.29 is 9.13 Å². The predicted molar refractivity (Wildman–Crippen MR) is 82.7 cm³/mol. The molecule has 1 N–H and O–H groups in total. The van der Waals surface area contributed by atoms with Gasteiger partial charge >= 0.3 is 0 Å². The van der Waals surface area contributed by atoms with Crippen LogP contribution in [-0.2, 0) is 0 Å². The molecule has 3 aromatic rings. The summed E-state index contributed by atoms with van der Waals surface area (Å²) in [5.41, 5.74) is 1.91. The molecule has 1 aromatic heterocycles. The van der Waals surface area contributed by atoms with Crippen LogP contribution < -0.4 is 4.74 Å². The van der Waals surface area contributed by atoms with Crippen LogP contribution >= 0.6 is 28.1 Å². The maximum Gasteiger partial charge on any atom is 0.182 e. The lowest BCUT2D eigenvalue weighted by Crippen LogP contribution is -1.95. The predicted octanol–water partition coefficient (Wildman–Crippen LogP) is 4.60. The first kappa shape index (κ1) is 13.3. The van der Waals surface area contributed by atoms with E-state index in [4.69, 9.17) is 17.0 Å². The van der Waals surface area contributed by atoms with Crippen LogP contribution in [0.4, 0.5) is 4.39 Å². The highest BCUT2D eigenvalue weighted by atomic mass is 79.9. The number of hydrogen-bond acceptors (Lipinski definition) is 2. The van der Waals surface area contributed by atoms with E-state index in [9.17, 15) is 4.39 Å². The van der Waals surface area contributed by atoms with Crippen molar-refractivity contribution in [1.82, 2.24) is 9.55 Å². The van der Waals surface area contributed by atoms with Crippen LogP contribution in [0.2, 0.25) is 0 Å². The number of aromatic nitrogens is 2. The monoisotopic (exact) mass is 352 g/mol. The highest BCUT2D eigenvalue weighted by Gasteiger charge is 2.11. The zero-order valence-electron chi connectivity index (χ0n) is 10.5. The maximum atomic E-state index is 13.8. The van der Waals surface area contributed by atoms with E-state index < -0.39 is 0 Å². The van der Waals surface area contributed by atoms with Gasteiger partial charge in [-0.25, -0.2) is 4.39 Å². The number of para-hydroxylation sites is 1. The average molecular weight is 353 g/mol. The molecule has 0 aliphatic rings. The third kappa shape index (κ3) is 2.05. The molecule has 1 heterocycles. The van der Waals surface area contributed by atoms with Gasteiger partial charge in [0.1, 0.15) is 17.1 Å². The molecule has 0 amide bonds. The molecule has 0 fully saturated rings. The molecule has 3 rings (SSSR count). The highest BCUT2D eigenvalue weighted by molar-refractivity contribution is 9.10. The summed E-state index contributed by atoms with van der Waals surface area (Å²) in [5.74, 6) is 0.367. The van der Waals surface area contributed by atoms with Gasteiger partial charge in [-0.1, -0.05) is 6.07 Å². The Kier molecular flexibility index (Phi) is 3.35. The summed E-state index contributed by atoms with van der Waals surface area (Å²) < 4.78 is 22.1. The molecule has 6 heteroatoms. The third-order valence-electron chi connectivity index (χ3n) is 3.06. The van der Waals surface area contributed by atoms with E-state index in [-0.39, 0.29) is 5.82 Å². The first-order chi connectivity index (χ1) is 9.61. The molecule has 0 saturated carbocycles. The molecular formula is C14H10BrFN2OS. The number of rotatable bonds is 2. The second-order valence-corrected chi connectivity index (χ2v) is 5.46. The first-order valence-electron chi connectivity index (χ1n) is 5.85. The molecule has 0 aliphatic carbocycles. The second-order valence-electron chi connectivity index (χ2n) is 4.22. The Morgan fingerprint density at radius 1 is 1.30 bits per heavy atom. The van der Waals surface area contributed by atoms with E-state index in [0.29, 0.717) is 21.6 Å². The molecule has 0 saturated heterocycles. The summed E-state index contributed by atoms with van der Waals surface area (Å²) in [7, 11) is 1.60. The fourth-order valence-electron chi connectivity index (χ4n) is 2.14. The van der Waals surface area contributed by atoms with E-state index in [1.54, 1.807) is 17.7 Å². The molecule has 0 bridgehead atoms. The third-order valence-corrected chi connectivity index (χ3v) is 4.00.